The van der Waals surface area contributed by atoms with Crippen molar-refractivity contribution in [2.75, 3.05) is 39.0 Å². The summed E-state index contributed by atoms with van der Waals surface area (Å²) in [5, 5.41) is 2.81. The van der Waals surface area contributed by atoms with Crippen molar-refractivity contribution in [3.63, 3.8) is 0 Å². The molecule has 1 fully saturated rings. The largest absolute Gasteiger partial charge is 0.327 e. The number of nitrogens with two attached hydrogens (primary N) is 1. The molecule has 1 unspecified atom stereocenters. The second-order valence-corrected chi connectivity index (χ2v) is 10.0. The molecule has 0 spiro atoms. The Kier molecular flexibility index (Phi) is 6.12. The molecule has 1 aliphatic rings. The van der Waals surface area contributed by atoms with Gasteiger partial charge in [-0.2, -0.15) is 0 Å². The molecule has 0 saturated carbocycles. The Hall–Kier alpha value is -1.48. The maximum absolute atomic E-state index is 12.4. The van der Waals surface area contributed by atoms with Crippen molar-refractivity contribution in [2.45, 2.75) is 38.1 Å². The number of aryl methyl sites for hydroxylation is 1. The van der Waals surface area contributed by atoms with E-state index in [1.165, 1.54) is 24.5 Å². The van der Waals surface area contributed by atoms with Crippen molar-refractivity contribution in [1.29, 1.82) is 0 Å². The normalized spacial score (nSPS) is 21.0. The number of nitrogens with zero attached hydrogens (tertiary/aromatic N) is 2. The van der Waals surface area contributed by atoms with Crippen molar-refractivity contribution in [3.05, 3.63) is 23.8 Å². The lowest BCUT2D eigenvalue weighted by atomic mass is 9.80. The molecule has 1 atom stereocenters. The van der Waals surface area contributed by atoms with Gasteiger partial charge in [0.05, 0.1) is 11.4 Å². The monoisotopic (exact) mass is 382 g/mol. The second kappa shape index (κ2) is 7.64. The van der Waals surface area contributed by atoms with Gasteiger partial charge in [0.15, 0.2) is 0 Å². The molecule has 2 rings (SSSR count). The van der Waals surface area contributed by atoms with Crippen LogP contribution < -0.4 is 11.1 Å². The van der Waals surface area contributed by atoms with Crippen LogP contribution in [0, 0.1) is 12.3 Å². The average molecular weight is 383 g/mol. The quantitative estimate of drug-likeness (QED) is 0.799. The lowest BCUT2D eigenvalue weighted by molar-refractivity contribution is -0.118. The highest BCUT2D eigenvalue weighted by Gasteiger charge is 2.33. The van der Waals surface area contributed by atoms with Crippen LogP contribution >= 0.6 is 0 Å². The first-order valence-electron chi connectivity index (χ1n) is 8.74. The molecule has 3 N–H and O–H groups in total. The van der Waals surface area contributed by atoms with Gasteiger partial charge in [0, 0.05) is 38.9 Å². The molecular weight excluding hydrogens is 352 g/mol. The molecule has 0 aliphatic carbocycles. The van der Waals surface area contributed by atoms with Gasteiger partial charge in [-0.15, -0.1) is 0 Å². The number of hydrogen-bond donors (Lipinski definition) is 2. The van der Waals surface area contributed by atoms with Crippen molar-refractivity contribution in [1.82, 2.24) is 9.21 Å². The van der Waals surface area contributed by atoms with E-state index >= 15 is 0 Å². The van der Waals surface area contributed by atoms with Crippen LogP contribution in [0.1, 0.15) is 25.8 Å². The number of piperidine rings is 1. The topological polar surface area (TPSA) is 95.7 Å². The summed E-state index contributed by atoms with van der Waals surface area (Å²) in [6.07, 6.45) is 0.857. The number of carbonyl (C=O) groups is 1. The van der Waals surface area contributed by atoms with Gasteiger partial charge in [-0.05, 0) is 36.5 Å². The highest BCUT2D eigenvalue weighted by atomic mass is 32.2. The summed E-state index contributed by atoms with van der Waals surface area (Å²) < 4.78 is 26.0. The molecule has 0 aromatic heterocycles. The standard InChI is InChI=1S/C18H30N4O3S/c1-13-6-7-14(10-15(13)26(24,25)21(4)5)20-17(23)11-22-9-8-16(19)18(2,3)12-22/h6-7,10,16H,8-9,11-12,19H2,1-5H3,(H,20,23). The van der Waals surface area contributed by atoms with Crippen LogP contribution in [0.25, 0.3) is 0 Å². The van der Waals surface area contributed by atoms with Crippen LogP contribution in [0.5, 0.6) is 0 Å². The molecule has 26 heavy (non-hydrogen) atoms. The van der Waals surface area contributed by atoms with E-state index in [-0.39, 0.29) is 28.8 Å². The minimum Gasteiger partial charge on any atom is -0.327 e. The molecule has 0 bridgehead atoms. The smallest absolute Gasteiger partial charge is 0.242 e. The number of likely N-dealkylation sites (tertiary alicyclic amines) is 1. The minimum atomic E-state index is -3.56. The lowest BCUT2D eigenvalue weighted by Crippen LogP contribution is -2.53. The Labute approximate surface area is 156 Å². The number of hydrogen-bond acceptors (Lipinski definition) is 5. The Morgan fingerprint density at radius 2 is 2.04 bits per heavy atom. The molecular formula is C18H30N4O3S. The third-order valence-corrected chi connectivity index (χ3v) is 6.95. The zero-order valence-electron chi connectivity index (χ0n) is 16.2. The van der Waals surface area contributed by atoms with Crippen LogP contribution in [0.2, 0.25) is 0 Å². The van der Waals surface area contributed by atoms with E-state index in [9.17, 15) is 13.2 Å². The Balaban J connectivity index is 2.08. The van der Waals surface area contributed by atoms with E-state index < -0.39 is 10.0 Å². The molecule has 1 saturated heterocycles. The maximum Gasteiger partial charge on any atom is 0.242 e. The number of benzene rings is 1. The van der Waals surface area contributed by atoms with Gasteiger partial charge in [0.2, 0.25) is 15.9 Å². The molecule has 0 radical (unpaired) electrons. The number of rotatable bonds is 5. The molecule has 1 aromatic rings. The fourth-order valence-corrected chi connectivity index (χ4v) is 4.32. The van der Waals surface area contributed by atoms with E-state index in [1.807, 2.05) is 0 Å². The molecule has 146 valence electrons. The number of sulfonamides is 1. The van der Waals surface area contributed by atoms with E-state index in [2.05, 4.69) is 24.1 Å². The number of carbonyl (C=O) groups excluding carboxylic acids is 1. The van der Waals surface area contributed by atoms with Crippen LogP contribution in [0.15, 0.2) is 23.1 Å². The van der Waals surface area contributed by atoms with Crippen molar-refractivity contribution in [3.8, 4) is 0 Å². The zero-order valence-corrected chi connectivity index (χ0v) is 17.1. The Morgan fingerprint density at radius 1 is 1.38 bits per heavy atom. The van der Waals surface area contributed by atoms with Crippen LogP contribution in [0.3, 0.4) is 0 Å². The highest BCUT2D eigenvalue weighted by molar-refractivity contribution is 7.89. The van der Waals surface area contributed by atoms with Gasteiger partial charge in [-0.25, -0.2) is 12.7 Å². The maximum atomic E-state index is 12.4. The van der Waals surface area contributed by atoms with Crippen molar-refractivity contribution >= 4 is 21.6 Å². The van der Waals surface area contributed by atoms with Crippen molar-refractivity contribution in [2.24, 2.45) is 11.1 Å². The van der Waals surface area contributed by atoms with E-state index in [1.54, 1.807) is 19.1 Å². The Morgan fingerprint density at radius 3 is 2.62 bits per heavy atom. The van der Waals surface area contributed by atoms with Crippen molar-refractivity contribution < 1.29 is 13.2 Å². The van der Waals surface area contributed by atoms with Gasteiger partial charge in [0.25, 0.3) is 0 Å². The van der Waals surface area contributed by atoms with Gasteiger partial charge < -0.3 is 11.1 Å². The average Bonchev–Trinajstić information content (AvgIpc) is 2.52. The molecule has 1 aliphatic heterocycles. The zero-order chi connectivity index (χ0) is 19.7. The van der Waals surface area contributed by atoms with Crippen LogP contribution in [-0.2, 0) is 14.8 Å². The predicted octanol–water partition coefficient (Wildman–Crippen LogP) is 1.24. The SMILES string of the molecule is Cc1ccc(NC(=O)CN2CCC(N)C(C)(C)C2)cc1S(=O)(=O)N(C)C. The number of anilines is 1. The van der Waals surface area contributed by atoms with Gasteiger partial charge in [-0.1, -0.05) is 19.9 Å². The first-order valence-corrected chi connectivity index (χ1v) is 10.2. The summed E-state index contributed by atoms with van der Waals surface area (Å²) in [6.45, 7) is 7.77. The summed E-state index contributed by atoms with van der Waals surface area (Å²) in [5.41, 5.74) is 7.23. The molecule has 1 heterocycles. The Bertz CT molecular complexity index is 775. The van der Waals surface area contributed by atoms with Gasteiger partial charge in [0.1, 0.15) is 0 Å². The second-order valence-electron chi connectivity index (χ2n) is 7.91. The van der Waals surface area contributed by atoms with Gasteiger partial charge in [-0.3, -0.25) is 9.69 Å². The minimum absolute atomic E-state index is 0.0324. The summed E-state index contributed by atoms with van der Waals surface area (Å²) >= 11 is 0. The predicted molar refractivity (Wildman–Crippen MR) is 103 cm³/mol. The fraction of sp³-hybridized carbons (Fsp3) is 0.611. The molecule has 1 aromatic carbocycles. The number of amides is 1. The first-order chi connectivity index (χ1) is 11.9. The third kappa shape index (κ3) is 4.62. The fourth-order valence-electron chi connectivity index (χ4n) is 3.18. The van der Waals surface area contributed by atoms with Crippen LogP contribution in [-0.4, -0.2) is 63.3 Å². The summed E-state index contributed by atoms with van der Waals surface area (Å²) in [7, 11) is -0.579. The first kappa shape index (κ1) is 20.8. The summed E-state index contributed by atoms with van der Waals surface area (Å²) in [4.78, 5) is 14.7. The number of nitrogens with one attached hydrogen (secondary N) is 1. The highest BCUT2D eigenvalue weighted by Crippen LogP contribution is 2.27. The molecule has 7 nitrogen and oxygen atoms in total. The molecule has 8 heteroatoms. The third-order valence-electron chi connectivity index (χ3n) is 4.99. The van der Waals surface area contributed by atoms with Crippen LogP contribution in [0.4, 0.5) is 5.69 Å². The van der Waals surface area contributed by atoms with E-state index in [4.69, 9.17) is 5.73 Å². The summed E-state index contributed by atoms with van der Waals surface area (Å²) in [5.74, 6) is -0.159. The summed E-state index contributed by atoms with van der Waals surface area (Å²) in [6, 6.07) is 5.07. The van der Waals surface area contributed by atoms with E-state index in [0.29, 0.717) is 11.3 Å². The lowest BCUT2D eigenvalue weighted by Gasteiger charge is -2.42. The molecule has 1 amide bonds. The van der Waals surface area contributed by atoms with Gasteiger partial charge >= 0.3 is 0 Å². The van der Waals surface area contributed by atoms with E-state index in [0.717, 1.165) is 19.5 Å².